The predicted octanol–water partition coefficient (Wildman–Crippen LogP) is 4.73. The second kappa shape index (κ2) is 7.53. The summed E-state index contributed by atoms with van der Waals surface area (Å²) >= 11 is 7.79. The number of hydrogen-bond acceptors (Lipinski definition) is 2. The fourth-order valence-corrected chi connectivity index (χ4v) is 2.26. The van der Waals surface area contributed by atoms with Gasteiger partial charge in [0.1, 0.15) is 11.5 Å². The minimum Gasteiger partial charge on any atom is -0.311 e. The highest BCUT2D eigenvalue weighted by atomic mass is 79.9. The van der Waals surface area contributed by atoms with Gasteiger partial charge in [-0.1, -0.05) is 34.2 Å². The van der Waals surface area contributed by atoms with E-state index in [0.717, 1.165) is 7.05 Å². The lowest BCUT2D eigenvalue weighted by Crippen LogP contribution is -2.35. The van der Waals surface area contributed by atoms with Crippen LogP contribution in [0.1, 0.15) is 18.1 Å². The maximum Gasteiger partial charge on any atom is 0.431 e. The van der Waals surface area contributed by atoms with Crippen molar-refractivity contribution in [2.75, 3.05) is 7.05 Å². The summed E-state index contributed by atoms with van der Waals surface area (Å²) in [6, 6.07) is 2.60. The molecule has 23 heavy (non-hydrogen) atoms. The molecular formula is C15H14BrF4NOS. The van der Waals surface area contributed by atoms with Crippen LogP contribution in [0.5, 0.6) is 0 Å². The molecule has 1 aromatic carbocycles. The lowest BCUT2D eigenvalue weighted by molar-refractivity contribution is -0.139. The molecule has 8 heteroatoms. The van der Waals surface area contributed by atoms with Crippen LogP contribution in [0.25, 0.3) is 0 Å². The molecule has 1 rings (SSSR count). The van der Waals surface area contributed by atoms with Crippen molar-refractivity contribution in [2.45, 2.75) is 26.4 Å². The van der Waals surface area contributed by atoms with Crippen LogP contribution in [0, 0.1) is 12.7 Å². The molecule has 0 spiro atoms. The lowest BCUT2D eigenvalue weighted by Gasteiger charge is -2.23. The molecule has 0 fully saturated rings. The molecule has 0 aliphatic heterocycles. The molecular weight excluding hydrogens is 398 g/mol. The SMILES string of the molecule is CC(=S)/C=C(\N(C)C(=O)Cc1cc(C)c(Br)cc1F)C(F)(F)F. The number of hydrogen-bond donors (Lipinski definition) is 0. The molecule has 0 aromatic heterocycles. The molecule has 0 atom stereocenters. The maximum atomic E-state index is 13.8. The first-order chi connectivity index (χ1) is 10.4. The summed E-state index contributed by atoms with van der Waals surface area (Å²) in [6.07, 6.45) is -4.52. The van der Waals surface area contributed by atoms with Crippen molar-refractivity contribution in [3.63, 3.8) is 0 Å². The minimum atomic E-state index is -4.74. The van der Waals surface area contributed by atoms with Crippen LogP contribution in [0.3, 0.4) is 0 Å². The van der Waals surface area contributed by atoms with Crippen molar-refractivity contribution in [1.29, 1.82) is 0 Å². The standard InChI is InChI=1S/C15H14BrF4NOS/c1-8-4-10(12(17)7-11(8)16)6-14(22)21(3)13(5-9(2)23)15(18,19)20/h4-5,7H,6H2,1-3H3/b13-5-. The molecule has 126 valence electrons. The number of likely N-dealkylation sites (N-methyl/N-ethyl adjacent to an activating group) is 1. The van der Waals surface area contributed by atoms with Gasteiger partial charge < -0.3 is 4.90 Å². The lowest BCUT2D eigenvalue weighted by atomic mass is 10.1. The van der Waals surface area contributed by atoms with Crippen molar-refractivity contribution >= 4 is 38.9 Å². The van der Waals surface area contributed by atoms with Crippen molar-refractivity contribution < 1.29 is 22.4 Å². The van der Waals surface area contributed by atoms with Crippen LogP contribution < -0.4 is 0 Å². The zero-order valence-corrected chi connectivity index (χ0v) is 15.0. The Bertz CT molecular complexity index is 670. The van der Waals surface area contributed by atoms with Crippen molar-refractivity contribution in [3.05, 3.63) is 45.3 Å². The highest BCUT2D eigenvalue weighted by Gasteiger charge is 2.38. The Labute approximate surface area is 145 Å². The van der Waals surface area contributed by atoms with Crippen molar-refractivity contribution in [2.24, 2.45) is 0 Å². The van der Waals surface area contributed by atoms with Gasteiger partial charge in [0.05, 0.1) is 6.42 Å². The highest BCUT2D eigenvalue weighted by molar-refractivity contribution is 9.10. The fraction of sp³-hybridized carbons (Fsp3) is 0.333. The Balaban J connectivity index is 3.09. The average Bonchev–Trinajstić information content (AvgIpc) is 2.39. The van der Waals surface area contributed by atoms with Gasteiger partial charge >= 0.3 is 6.18 Å². The fourth-order valence-electron chi connectivity index (χ4n) is 1.83. The van der Waals surface area contributed by atoms with E-state index < -0.39 is 30.0 Å². The highest BCUT2D eigenvalue weighted by Crippen LogP contribution is 2.29. The van der Waals surface area contributed by atoms with E-state index >= 15 is 0 Å². The van der Waals surface area contributed by atoms with Gasteiger partial charge in [0.2, 0.25) is 5.91 Å². The molecule has 0 unspecified atom stereocenters. The van der Waals surface area contributed by atoms with Crippen LogP contribution in [0.2, 0.25) is 0 Å². The van der Waals surface area contributed by atoms with Crippen LogP contribution in [0.4, 0.5) is 17.6 Å². The first-order valence-electron chi connectivity index (χ1n) is 6.44. The number of amides is 1. The Hall–Kier alpha value is -1.28. The number of halogens is 5. The number of alkyl halides is 3. The summed E-state index contributed by atoms with van der Waals surface area (Å²) in [5, 5.41) is 0. The molecule has 0 aliphatic rings. The summed E-state index contributed by atoms with van der Waals surface area (Å²) in [5.74, 6) is -1.54. The van der Waals surface area contributed by atoms with Crippen LogP contribution >= 0.6 is 28.1 Å². The van der Waals surface area contributed by atoms with Gasteiger partial charge in [-0.2, -0.15) is 13.2 Å². The van der Waals surface area contributed by atoms with E-state index in [0.29, 0.717) is 21.0 Å². The minimum absolute atomic E-state index is 0.0114. The van der Waals surface area contributed by atoms with Crippen LogP contribution in [0.15, 0.2) is 28.4 Å². The van der Waals surface area contributed by atoms with Gasteiger partial charge in [0.15, 0.2) is 0 Å². The topological polar surface area (TPSA) is 20.3 Å². The van der Waals surface area contributed by atoms with Gasteiger partial charge in [0.25, 0.3) is 0 Å². The summed E-state index contributed by atoms with van der Waals surface area (Å²) in [6.45, 7) is 3.01. The molecule has 0 radical (unpaired) electrons. The summed E-state index contributed by atoms with van der Waals surface area (Å²) in [4.78, 5) is 12.5. The van der Waals surface area contributed by atoms with Crippen LogP contribution in [-0.2, 0) is 11.2 Å². The third kappa shape index (κ3) is 5.39. The number of thiocarbonyl (C=S) groups is 1. The number of aryl methyl sites for hydroxylation is 1. The van der Waals surface area contributed by atoms with E-state index in [9.17, 15) is 22.4 Å². The number of carbonyl (C=O) groups is 1. The smallest absolute Gasteiger partial charge is 0.311 e. The quantitative estimate of drug-likeness (QED) is 0.405. The van der Waals surface area contributed by atoms with E-state index in [4.69, 9.17) is 0 Å². The molecule has 2 nitrogen and oxygen atoms in total. The van der Waals surface area contributed by atoms with E-state index in [-0.39, 0.29) is 10.4 Å². The van der Waals surface area contributed by atoms with Crippen molar-refractivity contribution in [3.8, 4) is 0 Å². The number of rotatable bonds is 4. The molecule has 0 bridgehead atoms. The molecule has 0 saturated heterocycles. The maximum absolute atomic E-state index is 13.8. The number of benzene rings is 1. The Kier molecular flexibility index (Phi) is 6.47. The molecule has 1 aromatic rings. The van der Waals surface area contributed by atoms with Crippen LogP contribution in [-0.4, -0.2) is 28.9 Å². The number of nitrogens with zero attached hydrogens (tertiary/aromatic N) is 1. The number of allylic oxidation sites excluding steroid dienone is 2. The van der Waals surface area contributed by atoms with E-state index in [2.05, 4.69) is 28.1 Å². The molecule has 0 aliphatic carbocycles. The normalized spacial score (nSPS) is 12.3. The largest absolute Gasteiger partial charge is 0.431 e. The van der Waals surface area contributed by atoms with E-state index in [1.165, 1.54) is 19.1 Å². The molecule has 0 heterocycles. The second-order valence-electron chi connectivity index (χ2n) is 4.96. The zero-order chi connectivity index (χ0) is 17.9. The Morgan fingerprint density at radius 1 is 1.39 bits per heavy atom. The summed E-state index contributed by atoms with van der Waals surface area (Å²) in [5.41, 5.74) is -0.467. The summed E-state index contributed by atoms with van der Waals surface area (Å²) < 4.78 is 53.4. The molecule has 1 amide bonds. The first kappa shape index (κ1) is 19.8. The van der Waals surface area contributed by atoms with Gasteiger partial charge in [-0.05, 0) is 37.1 Å². The molecule has 0 N–H and O–H groups in total. The van der Waals surface area contributed by atoms with Gasteiger partial charge in [0, 0.05) is 16.4 Å². The Morgan fingerprint density at radius 3 is 2.43 bits per heavy atom. The summed E-state index contributed by atoms with van der Waals surface area (Å²) in [7, 11) is 0.990. The zero-order valence-electron chi connectivity index (χ0n) is 12.6. The average molecular weight is 412 g/mol. The van der Waals surface area contributed by atoms with Crippen molar-refractivity contribution in [1.82, 2.24) is 4.90 Å². The van der Waals surface area contributed by atoms with Gasteiger partial charge in [-0.25, -0.2) is 4.39 Å². The predicted molar refractivity (Wildman–Crippen MR) is 87.7 cm³/mol. The molecule has 0 saturated carbocycles. The third-order valence-corrected chi connectivity index (χ3v) is 4.01. The number of carbonyl (C=O) groups excluding carboxylic acids is 1. The third-order valence-electron chi connectivity index (χ3n) is 3.04. The van der Waals surface area contributed by atoms with Gasteiger partial charge in [-0.3, -0.25) is 4.79 Å². The Morgan fingerprint density at radius 2 is 1.96 bits per heavy atom. The monoisotopic (exact) mass is 411 g/mol. The first-order valence-corrected chi connectivity index (χ1v) is 7.64. The van der Waals surface area contributed by atoms with E-state index in [1.807, 2.05) is 0 Å². The second-order valence-corrected chi connectivity index (χ2v) is 6.46. The van der Waals surface area contributed by atoms with Gasteiger partial charge in [-0.15, -0.1) is 0 Å². The van der Waals surface area contributed by atoms with E-state index in [1.54, 1.807) is 6.92 Å².